The van der Waals surface area contributed by atoms with Crippen molar-refractivity contribution in [1.82, 2.24) is 4.31 Å². The molecule has 1 fully saturated rings. The Balaban J connectivity index is 2.04. The predicted octanol–water partition coefficient (Wildman–Crippen LogP) is 4.92. The van der Waals surface area contributed by atoms with Crippen LogP contribution in [0.2, 0.25) is 0 Å². The molecule has 1 heterocycles. The molecule has 1 saturated heterocycles. The fraction of sp³-hybridized carbons (Fsp3) is 0.429. The third-order valence-corrected chi connectivity index (χ3v) is 7.12. The van der Waals surface area contributed by atoms with E-state index in [4.69, 9.17) is 0 Å². The molecule has 2 aromatic rings. The summed E-state index contributed by atoms with van der Waals surface area (Å²) in [6.07, 6.45) is 3.96. The Labute approximate surface area is 151 Å². The van der Waals surface area contributed by atoms with Gasteiger partial charge in [0.25, 0.3) is 0 Å². The van der Waals surface area contributed by atoms with Crippen LogP contribution < -0.4 is 0 Å². The minimum Gasteiger partial charge on any atom is -0.207 e. The van der Waals surface area contributed by atoms with Crippen molar-refractivity contribution in [2.45, 2.75) is 57.4 Å². The molecule has 134 valence electrons. The first-order valence-electron chi connectivity index (χ1n) is 9.05. The second-order valence-corrected chi connectivity index (χ2v) is 9.03. The molecule has 1 aliphatic rings. The van der Waals surface area contributed by atoms with E-state index in [-0.39, 0.29) is 6.04 Å². The number of nitrogens with zero attached hydrogens (tertiary/aromatic N) is 1. The van der Waals surface area contributed by atoms with E-state index in [0.29, 0.717) is 11.4 Å². The van der Waals surface area contributed by atoms with Gasteiger partial charge in [0.2, 0.25) is 10.0 Å². The van der Waals surface area contributed by atoms with Crippen LogP contribution in [0.1, 0.15) is 54.0 Å². The molecule has 0 aliphatic carbocycles. The SMILES string of the molecule is Cc1cccc([C@H]2CCCCCN2S(=O)(=O)c2ccc(C)c(C)c2)c1. The molecule has 0 amide bonds. The summed E-state index contributed by atoms with van der Waals surface area (Å²) in [5.41, 5.74) is 4.41. The number of aryl methyl sites for hydroxylation is 3. The van der Waals surface area contributed by atoms with Crippen molar-refractivity contribution in [3.63, 3.8) is 0 Å². The Morgan fingerprint density at radius 1 is 0.920 bits per heavy atom. The molecule has 0 N–H and O–H groups in total. The van der Waals surface area contributed by atoms with Crippen LogP contribution in [-0.4, -0.2) is 19.3 Å². The molecule has 0 radical (unpaired) electrons. The average molecular weight is 358 g/mol. The summed E-state index contributed by atoms with van der Waals surface area (Å²) in [5.74, 6) is 0. The molecule has 0 saturated carbocycles. The highest BCUT2D eigenvalue weighted by molar-refractivity contribution is 7.89. The number of sulfonamides is 1. The Morgan fingerprint density at radius 3 is 2.44 bits per heavy atom. The van der Waals surface area contributed by atoms with Gasteiger partial charge in [-0.3, -0.25) is 0 Å². The second kappa shape index (κ2) is 7.30. The third kappa shape index (κ3) is 3.80. The molecule has 3 nitrogen and oxygen atoms in total. The van der Waals surface area contributed by atoms with Crippen LogP contribution in [0.4, 0.5) is 0 Å². The van der Waals surface area contributed by atoms with Gasteiger partial charge in [0, 0.05) is 6.54 Å². The molecule has 3 rings (SSSR count). The zero-order valence-corrected chi connectivity index (χ0v) is 16.1. The highest BCUT2D eigenvalue weighted by Gasteiger charge is 2.33. The highest BCUT2D eigenvalue weighted by atomic mass is 32.2. The highest BCUT2D eigenvalue weighted by Crippen LogP contribution is 2.35. The summed E-state index contributed by atoms with van der Waals surface area (Å²) in [7, 11) is -3.50. The van der Waals surface area contributed by atoms with Crippen molar-refractivity contribution in [3.05, 3.63) is 64.7 Å². The third-order valence-electron chi connectivity index (χ3n) is 5.22. The maximum atomic E-state index is 13.4. The summed E-state index contributed by atoms with van der Waals surface area (Å²) < 4.78 is 28.5. The van der Waals surface area contributed by atoms with Crippen molar-refractivity contribution in [3.8, 4) is 0 Å². The van der Waals surface area contributed by atoms with Gasteiger partial charge in [0.1, 0.15) is 0 Å². The molecule has 2 aromatic carbocycles. The van der Waals surface area contributed by atoms with E-state index in [1.165, 1.54) is 5.56 Å². The molecule has 0 spiro atoms. The second-order valence-electron chi connectivity index (χ2n) is 7.14. The maximum absolute atomic E-state index is 13.4. The maximum Gasteiger partial charge on any atom is 0.243 e. The number of rotatable bonds is 3. The number of benzene rings is 2. The van der Waals surface area contributed by atoms with Crippen LogP contribution in [-0.2, 0) is 10.0 Å². The van der Waals surface area contributed by atoms with Crippen molar-refractivity contribution in [2.75, 3.05) is 6.54 Å². The van der Waals surface area contributed by atoms with Gasteiger partial charge >= 0.3 is 0 Å². The van der Waals surface area contributed by atoms with E-state index in [0.717, 1.165) is 42.4 Å². The molecule has 1 atom stereocenters. The molecule has 4 heteroatoms. The minimum atomic E-state index is -3.50. The van der Waals surface area contributed by atoms with E-state index in [1.54, 1.807) is 10.4 Å². The van der Waals surface area contributed by atoms with Crippen molar-refractivity contribution < 1.29 is 8.42 Å². The van der Waals surface area contributed by atoms with Gasteiger partial charge in [-0.2, -0.15) is 4.31 Å². The van der Waals surface area contributed by atoms with Gasteiger partial charge < -0.3 is 0 Å². The van der Waals surface area contributed by atoms with Crippen molar-refractivity contribution in [1.29, 1.82) is 0 Å². The fourth-order valence-corrected chi connectivity index (χ4v) is 5.36. The number of hydrogen-bond acceptors (Lipinski definition) is 2. The van der Waals surface area contributed by atoms with E-state index in [1.807, 2.05) is 32.0 Å². The Kier molecular flexibility index (Phi) is 5.30. The molecule has 0 unspecified atom stereocenters. The predicted molar refractivity (Wildman–Crippen MR) is 102 cm³/mol. The summed E-state index contributed by atoms with van der Waals surface area (Å²) in [5, 5.41) is 0. The monoisotopic (exact) mass is 357 g/mol. The first kappa shape index (κ1) is 18.2. The molecular weight excluding hydrogens is 330 g/mol. The van der Waals surface area contributed by atoms with Gasteiger partial charge in [0.15, 0.2) is 0 Å². The lowest BCUT2D eigenvalue weighted by Crippen LogP contribution is -2.35. The topological polar surface area (TPSA) is 37.4 Å². The Bertz CT molecular complexity index is 858. The van der Waals surface area contributed by atoms with Crippen LogP contribution in [0.5, 0.6) is 0 Å². The van der Waals surface area contributed by atoms with Gasteiger partial charge in [-0.25, -0.2) is 8.42 Å². The summed E-state index contributed by atoms with van der Waals surface area (Å²) in [6.45, 7) is 6.62. The molecular formula is C21H27NO2S. The molecule has 25 heavy (non-hydrogen) atoms. The van der Waals surface area contributed by atoms with E-state index in [9.17, 15) is 8.42 Å². The molecule has 0 bridgehead atoms. The molecule has 1 aliphatic heterocycles. The van der Waals surface area contributed by atoms with Crippen molar-refractivity contribution in [2.24, 2.45) is 0 Å². The average Bonchev–Trinajstić information content (AvgIpc) is 2.83. The minimum absolute atomic E-state index is 0.0750. The van der Waals surface area contributed by atoms with Gasteiger partial charge in [-0.1, -0.05) is 48.7 Å². The quantitative estimate of drug-likeness (QED) is 0.782. The Hall–Kier alpha value is -1.65. The van der Waals surface area contributed by atoms with Crippen LogP contribution in [0.3, 0.4) is 0 Å². The van der Waals surface area contributed by atoms with Crippen LogP contribution in [0.25, 0.3) is 0 Å². The summed E-state index contributed by atoms with van der Waals surface area (Å²) in [6, 6.07) is 13.7. The lowest BCUT2D eigenvalue weighted by molar-refractivity contribution is 0.329. The largest absolute Gasteiger partial charge is 0.243 e. The fourth-order valence-electron chi connectivity index (χ4n) is 3.59. The van der Waals surface area contributed by atoms with Gasteiger partial charge in [0.05, 0.1) is 10.9 Å². The smallest absolute Gasteiger partial charge is 0.207 e. The van der Waals surface area contributed by atoms with Gasteiger partial charge in [-0.05, 0) is 62.4 Å². The van der Waals surface area contributed by atoms with Crippen molar-refractivity contribution >= 4 is 10.0 Å². The van der Waals surface area contributed by atoms with E-state index in [2.05, 4.69) is 25.1 Å². The Morgan fingerprint density at radius 2 is 1.72 bits per heavy atom. The number of hydrogen-bond donors (Lipinski definition) is 0. The molecule has 0 aromatic heterocycles. The first-order valence-corrected chi connectivity index (χ1v) is 10.5. The van der Waals surface area contributed by atoms with Crippen LogP contribution >= 0.6 is 0 Å². The van der Waals surface area contributed by atoms with Crippen LogP contribution in [0, 0.1) is 20.8 Å². The lowest BCUT2D eigenvalue weighted by Gasteiger charge is -2.30. The summed E-state index contributed by atoms with van der Waals surface area (Å²) >= 11 is 0. The van der Waals surface area contributed by atoms with E-state index >= 15 is 0 Å². The summed E-state index contributed by atoms with van der Waals surface area (Å²) in [4.78, 5) is 0.412. The first-order chi connectivity index (χ1) is 11.9. The normalized spacial score (nSPS) is 19.6. The van der Waals surface area contributed by atoms with Gasteiger partial charge in [-0.15, -0.1) is 0 Å². The standard InChI is InChI=1S/C21H27NO2S/c1-16-8-7-9-19(14-16)21-10-5-4-6-13-22(21)25(23,24)20-12-11-17(2)18(3)15-20/h7-9,11-12,14-15,21H,4-6,10,13H2,1-3H3/t21-/m1/s1. The lowest BCUT2D eigenvalue weighted by atomic mass is 10.0. The zero-order chi connectivity index (χ0) is 18.0. The van der Waals surface area contributed by atoms with E-state index < -0.39 is 10.0 Å². The van der Waals surface area contributed by atoms with Crippen LogP contribution in [0.15, 0.2) is 47.4 Å². The zero-order valence-electron chi connectivity index (χ0n) is 15.3.